The minimum atomic E-state index is -4.41. The van der Waals surface area contributed by atoms with Gasteiger partial charge in [0.1, 0.15) is 0 Å². The number of thiazole rings is 1. The van der Waals surface area contributed by atoms with Crippen molar-refractivity contribution in [1.29, 1.82) is 0 Å². The summed E-state index contributed by atoms with van der Waals surface area (Å²) in [4.78, 5) is 19.8. The SMILES string of the molecule is O=C(C1CCN(c2nc(C(F)(F)F)cs2)C1)N1CCSCC1. The van der Waals surface area contributed by atoms with Gasteiger partial charge in [-0.1, -0.05) is 0 Å². The lowest BCUT2D eigenvalue weighted by Crippen LogP contribution is -2.42. The van der Waals surface area contributed by atoms with Crippen LogP contribution in [-0.2, 0) is 11.0 Å². The van der Waals surface area contributed by atoms with E-state index in [0.717, 1.165) is 41.3 Å². The van der Waals surface area contributed by atoms with Crippen molar-refractivity contribution in [1.82, 2.24) is 9.88 Å². The number of anilines is 1. The number of rotatable bonds is 2. The van der Waals surface area contributed by atoms with Gasteiger partial charge in [0.25, 0.3) is 0 Å². The van der Waals surface area contributed by atoms with Gasteiger partial charge in [-0.25, -0.2) is 4.98 Å². The van der Waals surface area contributed by atoms with E-state index in [2.05, 4.69) is 4.98 Å². The molecule has 1 atom stereocenters. The number of hydrogen-bond acceptors (Lipinski definition) is 5. The molecule has 122 valence electrons. The second-order valence-corrected chi connectivity index (χ2v) is 7.44. The Kier molecular flexibility index (Phi) is 4.54. The number of hydrogen-bond donors (Lipinski definition) is 0. The average Bonchev–Trinajstić information content (AvgIpc) is 3.15. The van der Waals surface area contributed by atoms with Crippen molar-refractivity contribution in [2.45, 2.75) is 12.6 Å². The van der Waals surface area contributed by atoms with E-state index in [4.69, 9.17) is 0 Å². The highest BCUT2D eigenvalue weighted by Crippen LogP contribution is 2.34. The Balaban J connectivity index is 1.62. The molecule has 0 N–H and O–H groups in total. The van der Waals surface area contributed by atoms with Crippen LogP contribution in [0.1, 0.15) is 12.1 Å². The Morgan fingerprint density at radius 1 is 1.27 bits per heavy atom. The third kappa shape index (κ3) is 3.34. The van der Waals surface area contributed by atoms with Gasteiger partial charge in [0.05, 0.1) is 5.92 Å². The molecule has 1 amide bonds. The number of amides is 1. The van der Waals surface area contributed by atoms with Crippen LogP contribution >= 0.6 is 23.1 Å². The zero-order valence-electron chi connectivity index (χ0n) is 11.8. The predicted octanol–water partition coefficient (Wildman–Crippen LogP) is 2.56. The van der Waals surface area contributed by atoms with Crippen LogP contribution in [0.15, 0.2) is 5.38 Å². The van der Waals surface area contributed by atoms with E-state index < -0.39 is 11.9 Å². The van der Waals surface area contributed by atoms with Gasteiger partial charge >= 0.3 is 6.18 Å². The highest BCUT2D eigenvalue weighted by Gasteiger charge is 2.37. The maximum absolute atomic E-state index is 12.6. The molecule has 2 fully saturated rings. The molecule has 0 saturated carbocycles. The number of thioether (sulfide) groups is 1. The molecule has 4 nitrogen and oxygen atoms in total. The number of halogens is 3. The van der Waals surface area contributed by atoms with Gasteiger partial charge in [-0.05, 0) is 6.42 Å². The van der Waals surface area contributed by atoms with Crippen molar-refractivity contribution >= 4 is 34.1 Å². The molecule has 2 aliphatic heterocycles. The Morgan fingerprint density at radius 3 is 2.64 bits per heavy atom. The molecule has 22 heavy (non-hydrogen) atoms. The minimum Gasteiger partial charge on any atom is -0.347 e. The fraction of sp³-hybridized carbons (Fsp3) is 0.692. The summed E-state index contributed by atoms with van der Waals surface area (Å²) in [5.41, 5.74) is -0.852. The molecule has 0 aromatic carbocycles. The Bertz CT molecular complexity index is 543. The second kappa shape index (κ2) is 6.27. The van der Waals surface area contributed by atoms with Crippen LogP contribution in [0.2, 0.25) is 0 Å². The zero-order valence-corrected chi connectivity index (χ0v) is 13.4. The van der Waals surface area contributed by atoms with E-state index in [1.54, 1.807) is 4.90 Å². The topological polar surface area (TPSA) is 36.4 Å². The van der Waals surface area contributed by atoms with E-state index in [-0.39, 0.29) is 11.8 Å². The molecule has 0 spiro atoms. The number of carbonyl (C=O) groups excluding carboxylic acids is 1. The predicted molar refractivity (Wildman–Crippen MR) is 81.3 cm³/mol. The van der Waals surface area contributed by atoms with E-state index in [0.29, 0.717) is 24.6 Å². The fourth-order valence-corrected chi connectivity index (χ4v) is 4.49. The van der Waals surface area contributed by atoms with Crippen molar-refractivity contribution in [2.24, 2.45) is 5.92 Å². The lowest BCUT2D eigenvalue weighted by Gasteiger charge is -2.28. The molecule has 2 saturated heterocycles. The van der Waals surface area contributed by atoms with Gasteiger partial charge in [0.2, 0.25) is 5.91 Å². The molecule has 0 radical (unpaired) electrons. The summed E-state index contributed by atoms with van der Waals surface area (Å²) in [7, 11) is 0. The fourth-order valence-electron chi connectivity index (χ4n) is 2.72. The highest BCUT2D eigenvalue weighted by atomic mass is 32.2. The molecule has 1 unspecified atom stereocenters. The van der Waals surface area contributed by atoms with Crippen LogP contribution in [-0.4, -0.2) is 53.5 Å². The number of nitrogens with zero attached hydrogens (tertiary/aromatic N) is 3. The first-order chi connectivity index (χ1) is 10.4. The van der Waals surface area contributed by atoms with Gasteiger partial charge in [-0.3, -0.25) is 4.79 Å². The third-order valence-electron chi connectivity index (χ3n) is 3.91. The van der Waals surface area contributed by atoms with E-state index >= 15 is 0 Å². The van der Waals surface area contributed by atoms with Crippen LogP contribution in [0.25, 0.3) is 0 Å². The standard InChI is InChI=1S/C13H16F3N3OS2/c14-13(15,16)10-8-22-12(17-10)19-2-1-9(7-19)11(20)18-3-5-21-6-4-18/h8-9H,1-7H2. The van der Waals surface area contributed by atoms with Crippen molar-refractivity contribution in [3.8, 4) is 0 Å². The minimum absolute atomic E-state index is 0.124. The second-order valence-electron chi connectivity index (χ2n) is 5.38. The van der Waals surface area contributed by atoms with Gasteiger partial charge in [0, 0.05) is 43.1 Å². The van der Waals surface area contributed by atoms with Gasteiger partial charge < -0.3 is 9.80 Å². The molecule has 0 aliphatic carbocycles. The van der Waals surface area contributed by atoms with E-state index in [1.165, 1.54) is 0 Å². The highest BCUT2D eigenvalue weighted by molar-refractivity contribution is 7.99. The quantitative estimate of drug-likeness (QED) is 0.821. The normalized spacial score (nSPS) is 23.1. The van der Waals surface area contributed by atoms with Crippen LogP contribution in [0, 0.1) is 5.92 Å². The molecule has 3 heterocycles. The largest absolute Gasteiger partial charge is 0.434 e. The van der Waals surface area contributed by atoms with E-state index in [1.807, 2.05) is 16.7 Å². The smallest absolute Gasteiger partial charge is 0.347 e. The van der Waals surface area contributed by atoms with E-state index in [9.17, 15) is 18.0 Å². The van der Waals surface area contributed by atoms with Crippen LogP contribution in [0.3, 0.4) is 0 Å². The molecule has 0 bridgehead atoms. The maximum Gasteiger partial charge on any atom is 0.434 e. The summed E-state index contributed by atoms with van der Waals surface area (Å²) in [6.07, 6.45) is -3.72. The summed E-state index contributed by atoms with van der Waals surface area (Å²) in [6.45, 7) is 2.60. The van der Waals surface area contributed by atoms with Crippen LogP contribution < -0.4 is 4.90 Å². The van der Waals surface area contributed by atoms with Crippen molar-refractivity contribution in [3.63, 3.8) is 0 Å². The van der Waals surface area contributed by atoms with Crippen molar-refractivity contribution in [3.05, 3.63) is 11.1 Å². The molecular weight excluding hydrogens is 335 g/mol. The lowest BCUT2D eigenvalue weighted by atomic mass is 10.1. The first kappa shape index (κ1) is 15.9. The van der Waals surface area contributed by atoms with Gasteiger partial charge in [-0.2, -0.15) is 24.9 Å². The Labute approximate surface area is 134 Å². The lowest BCUT2D eigenvalue weighted by molar-refractivity contribution is -0.140. The molecule has 2 aliphatic rings. The average molecular weight is 351 g/mol. The Hall–Kier alpha value is -0.960. The third-order valence-corrected chi connectivity index (χ3v) is 5.76. The summed E-state index contributed by atoms with van der Waals surface area (Å²) >= 11 is 2.83. The number of alkyl halides is 3. The van der Waals surface area contributed by atoms with Crippen LogP contribution in [0.4, 0.5) is 18.3 Å². The summed E-state index contributed by atoms with van der Waals surface area (Å²) in [5.74, 6) is 1.93. The molecule has 9 heteroatoms. The van der Waals surface area contributed by atoms with Crippen LogP contribution in [0.5, 0.6) is 0 Å². The monoisotopic (exact) mass is 351 g/mol. The first-order valence-corrected chi connectivity index (χ1v) is 9.13. The molecular formula is C13H16F3N3OS2. The van der Waals surface area contributed by atoms with Crippen molar-refractivity contribution < 1.29 is 18.0 Å². The molecule has 1 aromatic rings. The summed E-state index contributed by atoms with van der Waals surface area (Å²) in [5, 5.41) is 1.39. The zero-order chi connectivity index (χ0) is 15.7. The number of carbonyl (C=O) groups is 1. The van der Waals surface area contributed by atoms with Gasteiger partial charge in [0.15, 0.2) is 10.8 Å². The van der Waals surface area contributed by atoms with Gasteiger partial charge in [-0.15, -0.1) is 11.3 Å². The maximum atomic E-state index is 12.6. The summed E-state index contributed by atoms with van der Waals surface area (Å²) < 4.78 is 37.8. The first-order valence-electron chi connectivity index (χ1n) is 7.09. The summed E-state index contributed by atoms with van der Waals surface area (Å²) in [6, 6.07) is 0. The molecule has 3 rings (SSSR count). The van der Waals surface area contributed by atoms with Crippen molar-refractivity contribution in [2.75, 3.05) is 42.6 Å². The molecule has 1 aromatic heterocycles. The Morgan fingerprint density at radius 2 is 2.00 bits per heavy atom. The number of aromatic nitrogens is 1.